The van der Waals surface area contributed by atoms with Gasteiger partial charge in [-0.25, -0.2) is 0 Å². The van der Waals surface area contributed by atoms with Crippen LogP contribution in [0.5, 0.6) is 0 Å². The lowest BCUT2D eigenvalue weighted by atomic mass is 9.90. The molecule has 0 bridgehead atoms. The molecule has 2 aliphatic rings. The summed E-state index contributed by atoms with van der Waals surface area (Å²) in [5.41, 5.74) is 0.371. The average Bonchev–Trinajstić information content (AvgIpc) is 2.79. The number of likely N-dealkylation sites (N-methyl/N-ethyl adjacent to an activating group) is 1. The summed E-state index contributed by atoms with van der Waals surface area (Å²) in [5, 5.41) is 3.74. The van der Waals surface area contributed by atoms with Crippen LogP contribution in [0.2, 0.25) is 0 Å². The van der Waals surface area contributed by atoms with Crippen LogP contribution in [0.4, 0.5) is 0 Å². The Morgan fingerprint density at radius 2 is 2.06 bits per heavy atom. The van der Waals surface area contributed by atoms with Gasteiger partial charge in [-0.05, 0) is 52.4 Å². The molecule has 2 unspecified atom stereocenters. The Hall–Kier alpha value is -0.120. The highest BCUT2D eigenvalue weighted by Gasteiger charge is 2.33. The fourth-order valence-corrected chi connectivity index (χ4v) is 3.74. The van der Waals surface area contributed by atoms with Crippen molar-refractivity contribution in [3.63, 3.8) is 0 Å². The van der Waals surface area contributed by atoms with Crippen molar-refractivity contribution >= 4 is 0 Å². The van der Waals surface area contributed by atoms with E-state index < -0.39 is 0 Å². The zero-order valence-electron chi connectivity index (χ0n) is 12.5. The minimum absolute atomic E-state index is 0.371. The first-order chi connectivity index (χ1) is 8.67. The quantitative estimate of drug-likeness (QED) is 0.808. The standard InChI is InChI=1S/C15H31N3/c1-4-18(5-2)14-8-11-17(12-14)13-15(3)9-6-7-10-16-15/h14,16H,4-13H2,1-3H3. The van der Waals surface area contributed by atoms with Gasteiger partial charge in [0, 0.05) is 24.7 Å². The average molecular weight is 253 g/mol. The fourth-order valence-electron chi connectivity index (χ4n) is 3.74. The van der Waals surface area contributed by atoms with E-state index in [1.54, 1.807) is 0 Å². The van der Waals surface area contributed by atoms with Crippen LogP contribution in [0.1, 0.15) is 46.5 Å². The van der Waals surface area contributed by atoms with Crippen molar-refractivity contribution in [3.8, 4) is 0 Å². The summed E-state index contributed by atoms with van der Waals surface area (Å²) in [6.45, 7) is 14.4. The highest BCUT2D eigenvalue weighted by molar-refractivity contribution is 4.93. The van der Waals surface area contributed by atoms with E-state index in [2.05, 4.69) is 35.9 Å². The van der Waals surface area contributed by atoms with Crippen LogP contribution in [0.3, 0.4) is 0 Å². The third kappa shape index (κ3) is 3.46. The number of hydrogen-bond acceptors (Lipinski definition) is 3. The maximum Gasteiger partial charge on any atom is 0.0280 e. The zero-order chi connectivity index (χ0) is 13.0. The number of nitrogens with zero attached hydrogens (tertiary/aromatic N) is 2. The maximum atomic E-state index is 3.74. The van der Waals surface area contributed by atoms with Crippen molar-refractivity contribution in [2.75, 3.05) is 39.3 Å². The minimum atomic E-state index is 0.371. The second kappa shape index (κ2) is 6.36. The Balaban J connectivity index is 1.81. The van der Waals surface area contributed by atoms with Gasteiger partial charge in [-0.15, -0.1) is 0 Å². The third-order valence-corrected chi connectivity index (χ3v) is 4.86. The van der Waals surface area contributed by atoms with Crippen LogP contribution >= 0.6 is 0 Å². The fraction of sp³-hybridized carbons (Fsp3) is 1.00. The monoisotopic (exact) mass is 253 g/mol. The molecule has 0 spiro atoms. The summed E-state index contributed by atoms with van der Waals surface area (Å²) in [7, 11) is 0. The molecule has 2 atom stereocenters. The maximum absolute atomic E-state index is 3.74. The van der Waals surface area contributed by atoms with Crippen molar-refractivity contribution in [2.45, 2.75) is 58.0 Å². The van der Waals surface area contributed by atoms with Crippen molar-refractivity contribution in [3.05, 3.63) is 0 Å². The number of hydrogen-bond donors (Lipinski definition) is 1. The van der Waals surface area contributed by atoms with Gasteiger partial charge in [0.25, 0.3) is 0 Å². The van der Waals surface area contributed by atoms with Gasteiger partial charge in [-0.2, -0.15) is 0 Å². The highest BCUT2D eigenvalue weighted by Crippen LogP contribution is 2.23. The molecule has 106 valence electrons. The Morgan fingerprint density at radius 3 is 2.67 bits per heavy atom. The van der Waals surface area contributed by atoms with Gasteiger partial charge in [0.15, 0.2) is 0 Å². The number of likely N-dealkylation sites (tertiary alicyclic amines) is 1. The molecule has 1 N–H and O–H groups in total. The first-order valence-corrected chi connectivity index (χ1v) is 7.88. The molecule has 2 heterocycles. The van der Waals surface area contributed by atoms with E-state index in [1.165, 1.54) is 65.0 Å². The topological polar surface area (TPSA) is 18.5 Å². The third-order valence-electron chi connectivity index (χ3n) is 4.86. The van der Waals surface area contributed by atoms with Gasteiger partial charge in [0.2, 0.25) is 0 Å². The molecule has 0 amide bonds. The van der Waals surface area contributed by atoms with Crippen molar-refractivity contribution < 1.29 is 0 Å². The number of rotatable bonds is 5. The number of piperidine rings is 1. The summed E-state index contributed by atoms with van der Waals surface area (Å²) >= 11 is 0. The summed E-state index contributed by atoms with van der Waals surface area (Å²) in [6.07, 6.45) is 5.46. The minimum Gasteiger partial charge on any atom is -0.310 e. The van der Waals surface area contributed by atoms with Gasteiger partial charge in [0.05, 0.1) is 0 Å². The summed E-state index contributed by atoms with van der Waals surface area (Å²) in [6, 6.07) is 0.798. The molecule has 0 aromatic carbocycles. The van der Waals surface area contributed by atoms with Gasteiger partial charge < -0.3 is 5.32 Å². The normalized spacial score (nSPS) is 34.3. The Bertz CT molecular complexity index is 244. The molecule has 2 fully saturated rings. The zero-order valence-corrected chi connectivity index (χ0v) is 12.5. The molecule has 2 saturated heterocycles. The van der Waals surface area contributed by atoms with E-state index in [0.29, 0.717) is 5.54 Å². The van der Waals surface area contributed by atoms with Crippen LogP contribution < -0.4 is 5.32 Å². The van der Waals surface area contributed by atoms with Gasteiger partial charge in [0.1, 0.15) is 0 Å². The lowest BCUT2D eigenvalue weighted by Gasteiger charge is -2.38. The van der Waals surface area contributed by atoms with Crippen molar-refractivity contribution in [2.24, 2.45) is 0 Å². The molecule has 0 saturated carbocycles. The second-order valence-corrected chi connectivity index (χ2v) is 6.34. The molecule has 2 rings (SSSR count). The van der Waals surface area contributed by atoms with Crippen molar-refractivity contribution in [1.29, 1.82) is 0 Å². The van der Waals surface area contributed by atoms with E-state index in [9.17, 15) is 0 Å². The lowest BCUT2D eigenvalue weighted by molar-refractivity contribution is 0.166. The SMILES string of the molecule is CCN(CC)C1CCN(CC2(C)CCCCN2)C1. The molecule has 0 aromatic heterocycles. The first-order valence-electron chi connectivity index (χ1n) is 7.88. The smallest absolute Gasteiger partial charge is 0.0280 e. The largest absolute Gasteiger partial charge is 0.310 e. The number of nitrogens with one attached hydrogen (secondary N) is 1. The van der Waals surface area contributed by atoms with Crippen LogP contribution in [-0.2, 0) is 0 Å². The van der Waals surface area contributed by atoms with Crippen LogP contribution in [0, 0.1) is 0 Å². The van der Waals surface area contributed by atoms with Gasteiger partial charge >= 0.3 is 0 Å². The Morgan fingerprint density at radius 1 is 1.28 bits per heavy atom. The Kier molecular flexibility index (Phi) is 5.05. The molecule has 0 aromatic rings. The van der Waals surface area contributed by atoms with E-state index in [0.717, 1.165) is 6.04 Å². The van der Waals surface area contributed by atoms with Crippen LogP contribution in [0.25, 0.3) is 0 Å². The molecule has 18 heavy (non-hydrogen) atoms. The molecule has 3 heteroatoms. The molecular weight excluding hydrogens is 222 g/mol. The van der Waals surface area contributed by atoms with E-state index in [4.69, 9.17) is 0 Å². The molecule has 2 aliphatic heterocycles. The summed E-state index contributed by atoms with van der Waals surface area (Å²) < 4.78 is 0. The second-order valence-electron chi connectivity index (χ2n) is 6.34. The highest BCUT2D eigenvalue weighted by atomic mass is 15.3. The van der Waals surface area contributed by atoms with E-state index >= 15 is 0 Å². The molecule has 0 aliphatic carbocycles. The predicted molar refractivity (Wildman–Crippen MR) is 78.0 cm³/mol. The molecular formula is C15H31N3. The predicted octanol–water partition coefficient (Wildman–Crippen LogP) is 1.93. The van der Waals surface area contributed by atoms with E-state index in [1.807, 2.05) is 0 Å². The summed E-state index contributed by atoms with van der Waals surface area (Å²) in [4.78, 5) is 5.30. The van der Waals surface area contributed by atoms with Crippen molar-refractivity contribution in [1.82, 2.24) is 15.1 Å². The lowest BCUT2D eigenvalue weighted by Crippen LogP contribution is -2.53. The summed E-state index contributed by atoms with van der Waals surface area (Å²) in [5.74, 6) is 0. The van der Waals surface area contributed by atoms with Crippen LogP contribution in [-0.4, -0.2) is 60.6 Å². The molecule has 3 nitrogen and oxygen atoms in total. The molecule has 0 radical (unpaired) electrons. The van der Waals surface area contributed by atoms with E-state index in [-0.39, 0.29) is 0 Å². The Labute approximate surface area is 113 Å². The first kappa shape index (κ1) is 14.3. The van der Waals surface area contributed by atoms with Gasteiger partial charge in [-0.1, -0.05) is 20.3 Å². The van der Waals surface area contributed by atoms with Gasteiger partial charge in [-0.3, -0.25) is 9.80 Å². The van der Waals surface area contributed by atoms with Crippen LogP contribution in [0.15, 0.2) is 0 Å².